The van der Waals surface area contributed by atoms with Crippen molar-refractivity contribution < 1.29 is 4.58 Å². The second-order valence-electron chi connectivity index (χ2n) is 6.21. The Kier molecular flexibility index (Phi) is 2.92. The van der Waals surface area contributed by atoms with Crippen molar-refractivity contribution in [3.05, 3.63) is 0 Å². The third kappa shape index (κ3) is 1.74. The molecular weight excluding hydrogens is 182 g/mol. The number of nitrogens with zero attached hydrogens (tertiary/aromatic N) is 1. The molecule has 0 heterocycles. The average molecular weight is 208 g/mol. The van der Waals surface area contributed by atoms with Gasteiger partial charge in [0.1, 0.15) is 14.1 Å². The summed E-state index contributed by atoms with van der Waals surface area (Å²) in [6.45, 7) is 4.90. The van der Waals surface area contributed by atoms with Crippen molar-refractivity contribution in [2.24, 2.45) is 17.3 Å². The third-order valence-corrected chi connectivity index (χ3v) is 4.69. The van der Waals surface area contributed by atoms with Crippen LogP contribution in [0.4, 0.5) is 0 Å². The molecule has 0 aliphatic heterocycles. The van der Waals surface area contributed by atoms with E-state index in [4.69, 9.17) is 0 Å². The summed E-state index contributed by atoms with van der Waals surface area (Å²) >= 11 is 0. The molecule has 0 aromatic heterocycles. The molecule has 0 aromatic rings. The molecule has 86 valence electrons. The van der Waals surface area contributed by atoms with E-state index in [2.05, 4.69) is 32.5 Å². The molecular formula is C14H26N+. The lowest BCUT2D eigenvalue weighted by Crippen LogP contribution is -2.57. The molecule has 2 rings (SSSR count). The molecule has 0 bridgehead atoms. The highest BCUT2D eigenvalue weighted by atomic mass is 15.0. The van der Waals surface area contributed by atoms with Crippen LogP contribution in [0.5, 0.6) is 0 Å². The normalized spacial score (nSPS) is 34.8. The predicted molar refractivity (Wildman–Crippen MR) is 65.6 cm³/mol. The van der Waals surface area contributed by atoms with Gasteiger partial charge < -0.3 is 0 Å². The van der Waals surface area contributed by atoms with Gasteiger partial charge in [-0.15, -0.1) is 0 Å². The average Bonchev–Trinajstić information content (AvgIpc) is 2.07. The van der Waals surface area contributed by atoms with Crippen LogP contribution in [0, 0.1) is 17.3 Å². The van der Waals surface area contributed by atoms with E-state index in [9.17, 15) is 0 Å². The van der Waals surface area contributed by atoms with Gasteiger partial charge in [0, 0.05) is 11.3 Å². The molecule has 1 nitrogen and oxygen atoms in total. The maximum atomic E-state index is 2.45. The summed E-state index contributed by atoms with van der Waals surface area (Å²) in [7, 11) is 4.46. The van der Waals surface area contributed by atoms with Crippen molar-refractivity contribution >= 4 is 5.71 Å². The lowest BCUT2D eigenvalue weighted by atomic mass is 9.50. The van der Waals surface area contributed by atoms with E-state index in [1.54, 1.807) is 5.71 Å². The van der Waals surface area contributed by atoms with Gasteiger partial charge in [0.15, 0.2) is 5.71 Å². The van der Waals surface area contributed by atoms with Gasteiger partial charge in [-0.1, -0.05) is 39.5 Å². The molecule has 2 saturated carbocycles. The Morgan fingerprint density at radius 1 is 1.00 bits per heavy atom. The number of hydrogen-bond acceptors (Lipinski definition) is 0. The smallest absolute Gasteiger partial charge is 0.161 e. The van der Waals surface area contributed by atoms with Gasteiger partial charge >= 0.3 is 0 Å². The summed E-state index contributed by atoms with van der Waals surface area (Å²) < 4.78 is 2.39. The van der Waals surface area contributed by atoms with Crippen molar-refractivity contribution in [3.63, 3.8) is 0 Å². The predicted octanol–water partition coefficient (Wildman–Crippen LogP) is 3.33. The van der Waals surface area contributed by atoms with E-state index in [-0.39, 0.29) is 0 Å². The first kappa shape index (κ1) is 11.2. The Morgan fingerprint density at radius 3 is 2.20 bits per heavy atom. The van der Waals surface area contributed by atoms with E-state index in [1.165, 1.54) is 38.5 Å². The highest BCUT2D eigenvalue weighted by molar-refractivity contribution is 5.94. The molecule has 2 atom stereocenters. The van der Waals surface area contributed by atoms with E-state index in [0.717, 1.165) is 11.8 Å². The summed E-state index contributed by atoms with van der Waals surface area (Å²) in [5, 5.41) is 0. The molecule has 0 amide bonds. The van der Waals surface area contributed by atoms with Crippen LogP contribution in [0.25, 0.3) is 0 Å². The second kappa shape index (κ2) is 3.92. The quantitative estimate of drug-likeness (QED) is 0.537. The Balaban J connectivity index is 2.20. The molecule has 2 aliphatic carbocycles. The lowest BCUT2D eigenvalue weighted by molar-refractivity contribution is -0.477. The first-order valence-electron chi connectivity index (χ1n) is 6.60. The highest BCUT2D eigenvalue weighted by Gasteiger charge is 2.57. The largest absolute Gasteiger partial charge is 0.242 e. The van der Waals surface area contributed by atoms with Crippen molar-refractivity contribution in [1.29, 1.82) is 0 Å². The minimum atomic E-state index is 0.478. The van der Waals surface area contributed by atoms with Crippen molar-refractivity contribution in [2.75, 3.05) is 14.1 Å². The zero-order valence-corrected chi connectivity index (χ0v) is 10.8. The fourth-order valence-electron chi connectivity index (χ4n) is 4.16. The van der Waals surface area contributed by atoms with Crippen LogP contribution in [0.2, 0.25) is 0 Å². The van der Waals surface area contributed by atoms with Crippen LogP contribution in [-0.2, 0) is 0 Å². The molecule has 0 aromatic carbocycles. The molecule has 15 heavy (non-hydrogen) atoms. The summed E-state index contributed by atoms with van der Waals surface area (Å²) in [6.07, 6.45) is 8.76. The maximum absolute atomic E-state index is 2.45. The molecule has 0 N–H and O–H groups in total. The molecule has 0 saturated heterocycles. The lowest BCUT2D eigenvalue weighted by Gasteiger charge is -2.51. The van der Waals surface area contributed by atoms with Gasteiger partial charge in [-0.2, -0.15) is 0 Å². The monoisotopic (exact) mass is 208 g/mol. The van der Waals surface area contributed by atoms with E-state index < -0.39 is 0 Å². The minimum absolute atomic E-state index is 0.478. The van der Waals surface area contributed by atoms with Gasteiger partial charge in [-0.25, -0.2) is 4.58 Å². The second-order valence-corrected chi connectivity index (χ2v) is 6.21. The standard InChI is InChI=1S/C14H26N/c1-14(2)12-10-8-6-5-7-9-11(12)13(14)15(3)4/h11-12H,5-10H2,1-4H3/q+1/t11-,12+/m1/s1. The van der Waals surface area contributed by atoms with E-state index in [1.807, 2.05) is 0 Å². The molecule has 0 spiro atoms. The fourth-order valence-corrected chi connectivity index (χ4v) is 4.16. The summed E-state index contributed by atoms with van der Waals surface area (Å²) in [4.78, 5) is 0. The Morgan fingerprint density at radius 2 is 1.60 bits per heavy atom. The number of hydrogen-bond donors (Lipinski definition) is 0. The molecule has 1 heteroatoms. The van der Waals surface area contributed by atoms with Crippen LogP contribution in [0.3, 0.4) is 0 Å². The van der Waals surface area contributed by atoms with Crippen molar-refractivity contribution in [1.82, 2.24) is 0 Å². The van der Waals surface area contributed by atoms with Gasteiger partial charge in [-0.3, -0.25) is 0 Å². The molecule has 2 aliphatic rings. The van der Waals surface area contributed by atoms with E-state index in [0.29, 0.717) is 5.41 Å². The summed E-state index contributed by atoms with van der Waals surface area (Å²) in [6, 6.07) is 0. The molecule has 2 fully saturated rings. The number of fused-ring (bicyclic) bond motifs is 1. The summed E-state index contributed by atoms with van der Waals surface area (Å²) in [5.41, 5.74) is 2.19. The molecule has 0 unspecified atom stereocenters. The van der Waals surface area contributed by atoms with Crippen LogP contribution in [0.15, 0.2) is 0 Å². The Bertz CT molecular complexity index is 271. The first-order chi connectivity index (χ1) is 7.05. The van der Waals surface area contributed by atoms with Crippen LogP contribution < -0.4 is 0 Å². The fraction of sp³-hybridized carbons (Fsp3) is 0.929. The zero-order chi connectivity index (χ0) is 11.1. The SMILES string of the molecule is C[N+](C)=C1[C@@H]2CCCCCC[C@@H]2C1(C)C. The molecule has 0 radical (unpaired) electrons. The summed E-state index contributed by atoms with van der Waals surface area (Å²) in [5.74, 6) is 1.88. The Labute approximate surface area is 94.6 Å². The van der Waals surface area contributed by atoms with Crippen LogP contribution in [-0.4, -0.2) is 24.4 Å². The minimum Gasteiger partial charge on any atom is -0.242 e. The van der Waals surface area contributed by atoms with Gasteiger partial charge in [0.05, 0.1) is 0 Å². The first-order valence-corrected chi connectivity index (χ1v) is 6.60. The van der Waals surface area contributed by atoms with Gasteiger partial charge in [0.25, 0.3) is 0 Å². The third-order valence-electron chi connectivity index (χ3n) is 4.69. The van der Waals surface area contributed by atoms with E-state index >= 15 is 0 Å². The topological polar surface area (TPSA) is 3.01 Å². The number of rotatable bonds is 0. The maximum Gasteiger partial charge on any atom is 0.161 e. The van der Waals surface area contributed by atoms with Gasteiger partial charge in [0.2, 0.25) is 0 Å². The zero-order valence-electron chi connectivity index (χ0n) is 10.8. The van der Waals surface area contributed by atoms with Crippen LogP contribution >= 0.6 is 0 Å². The Hall–Kier alpha value is -0.330. The van der Waals surface area contributed by atoms with Crippen molar-refractivity contribution in [2.45, 2.75) is 52.4 Å². The highest BCUT2D eigenvalue weighted by Crippen LogP contribution is 2.53. The van der Waals surface area contributed by atoms with Crippen molar-refractivity contribution in [3.8, 4) is 0 Å². The van der Waals surface area contributed by atoms with Gasteiger partial charge in [-0.05, 0) is 18.8 Å². The van der Waals surface area contributed by atoms with Crippen LogP contribution in [0.1, 0.15) is 52.4 Å².